The smallest absolute Gasteiger partial charge is 0.310 e. The second kappa shape index (κ2) is 15.2. The molecule has 0 fully saturated rings. The molecule has 38 heavy (non-hydrogen) atoms. The van der Waals surface area contributed by atoms with Crippen molar-refractivity contribution in [1.29, 1.82) is 0 Å². The SMILES string of the molecule is CCOC(=O)CC(=C=C(CCO[Si](C)(C)C(C)(C)C)c1ccccc1Br)CO[Si](C(C)C)(C(C)C)C(C)C. The van der Waals surface area contributed by atoms with Crippen LogP contribution < -0.4 is 0 Å². The van der Waals surface area contributed by atoms with Crippen LogP contribution in [0.1, 0.15) is 87.6 Å². The molecule has 0 saturated heterocycles. The molecule has 0 aromatic heterocycles. The summed E-state index contributed by atoms with van der Waals surface area (Å²) in [6.45, 7) is 28.2. The molecule has 0 aliphatic heterocycles. The topological polar surface area (TPSA) is 44.8 Å². The third-order valence-electron chi connectivity index (χ3n) is 8.01. The lowest BCUT2D eigenvalue weighted by Crippen LogP contribution is -2.48. The maximum Gasteiger partial charge on any atom is 0.310 e. The zero-order valence-corrected chi connectivity index (χ0v) is 29.7. The van der Waals surface area contributed by atoms with Gasteiger partial charge >= 0.3 is 5.97 Å². The molecular formula is C31H53BrO4Si2. The molecule has 0 bridgehead atoms. The first-order valence-electron chi connectivity index (χ1n) is 14.2. The maximum atomic E-state index is 12.7. The van der Waals surface area contributed by atoms with E-state index in [1.165, 1.54) is 0 Å². The van der Waals surface area contributed by atoms with Gasteiger partial charge in [0.25, 0.3) is 0 Å². The monoisotopic (exact) mass is 624 g/mol. The van der Waals surface area contributed by atoms with Gasteiger partial charge in [0, 0.05) is 28.6 Å². The van der Waals surface area contributed by atoms with E-state index < -0.39 is 16.6 Å². The molecule has 0 amide bonds. The fraction of sp³-hybridized carbons (Fsp3) is 0.677. The summed E-state index contributed by atoms with van der Waals surface area (Å²) in [5.41, 5.74) is 7.93. The van der Waals surface area contributed by atoms with E-state index >= 15 is 0 Å². The van der Waals surface area contributed by atoms with Crippen LogP contribution in [-0.2, 0) is 18.4 Å². The lowest BCUT2D eigenvalue weighted by molar-refractivity contribution is -0.142. The van der Waals surface area contributed by atoms with E-state index in [4.69, 9.17) is 13.6 Å². The maximum absolute atomic E-state index is 12.7. The van der Waals surface area contributed by atoms with E-state index in [9.17, 15) is 4.79 Å². The molecule has 7 heteroatoms. The first-order chi connectivity index (χ1) is 17.5. The first-order valence-corrected chi connectivity index (χ1v) is 20.0. The van der Waals surface area contributed by atoms with Gasteiger partial charge in [0.05, 0.1) is 19.6 Å². The van der Waals surface area contributed by atoms with Crippen molar-refractivity contribution >= 4 is 44.1 Å². The minimum atomic E-state index is -2.12. The molecule has 1 rings (SSSR count). The van der Waals surface area contributed by atoms with E-state index in [1.54, 1.807) is 0 Å². The van der Waals surface area contributed by atoms with E-state index in [2.05, 4.69) is 103 Å². The first kappa shape index (κ1) is 35.1. The van der Waals surface area contributed by atoms with Crippen LogP contribution in [0.5, 0.6) is 0 Å². The van der Waals surface area contributed by atoms with Gasteiger partial charge in [-0.2, -0.15) is 0 Å². The number of benzene rings is 1. The number of halogens is 1. The summed E-state index contributed by atoms with van der Waals surface area (Å²) in [4.78, 5) is 12.7. The third kappa shape index (κ3) is 9.60. The van der Waals surface area contributed by atoms with Crippen LogP contribution in [0.15, 0.2) is 40.0 Å². The van der Waals surface area contributed by atoms with Gasteiger partial charge in [0.2, 0.25) is 8.32 Å². The summed E-state index contributed by atoms with van der Waals surface area (Å²) < 4.78 is 19.8. The highest BCUT2D eigenvalue weighted by molar-refractivity contribution is 9.10. The molecule has 4 nitrogen and oxygen atoms in total. The largest absolute Gasteiger partial charge is 0.466 e. The van der Waals surface area contributed by atoms with Crippen LogP contribution in [0, 0.1) is 0 Å². The van der Waals surface area contributed by atoms with Gasteiger partial charge in [-0.05, 0) is 53.3 Å². The Labute approximate surface area is 244 Å². The second-order valence-corrected chi connectivity index (χ2v) is 23.8. The minimum absolute atomic E-state index is 0.140. The molecule has 0 N–H and O–H groups in total. The van der Waals surface area contributed by atoms with Crippen molar-refractivity contribution in [3.8, 4) is 0 Å². The van der Waals surface area contributed by atoms with Gasteiger partial charge in [-0.3, -0.25) is 4.79 Å². The standard InChI is InChI=1S/C31H53BrO4Si2/c1-13-34-30(33)21-26(22-36-38(23(2)3,24(4)5)25(6)7)20-27(28-16-14-15-17-29(28)32)18-19-35-37(11,12)31(8,9)10/h14-17,23-25H,13,18-19,21-22H2,1-12H3. The van der Waals surface area contributed by atoms with E-state index in [0.29, 0.717) is 42.9 Å². The number of hydrogen-bond acceptors (Lipinski definition) is 4. The molecular weight excluding hydrogens is 572 g/mol. The zero-order chi connectivity index (χ0) is 29.3. The van der Waals surface area contributed by atoms with Crippen molar-refractivity contribution in [2.24, 2.45) is 0 Å². The summed E-state index contributed by atoms with van der Waals surface area (Å²) in [5, 5.41) is 0.140. The van der Waals surface area contributed by atoms with E-state index in [0.717, 1.165) is 21.2 Å². The Balaban J connectivity index is 3.59. The normalized spacial score (nSPS) is 12.7. The van der Waals surface area contributed by atoms with Crippen LogP contribution in [-0.4, -0.2) is 42.4 Å². The number of rotatable bonds is 14. The van der Waals surface area contributed by atoms with Crippen LogP contribution in [0.25, 0.3) is 5.57 Å². The van der Waals surface area contributed by atoms with Crippen LogP contribution in [0.3, 0.4) is 0 Å². The highest BCUT2D eigenvalue weighted by atomic mass is 79.9. The van der Waals surface area contributed by atoms with Crippen LogP contribution >= 0.6 is 15.9 Å². The Bertz CT molecular complexity index is 949. The predicted molar refractivity (Wildman–Crippen MR) is 171 cm³/mol. The van der Waals surface area contributed by atoms with E-state index in [-0.39, 0.29) is 17.4 Å². The Kier molecular flexibility index (Phi) is 14.0. The van der Waals surface area contributed by atoms with Crippen LogP contribution in [0.4, 0.5) is 0 Å². The lowest BCUT2D eigenvalue weighted by Gasteiger charge is -2.42. The molecule has 0 atom stereocenters. The van der Waals surface area contributed by atoms with Gasteiger partial charge in [-0.15, -0.1) is 5.73 Å². The Morgan fingerprint density at radius 1 is 0.974 bits per heavy atom. The molecule has 216 valence electrons. The minimum Gasteiger partial charge on any atom is -0.466 e. The van der Waals surface area contributed by atoms with Crippen molar-refractivity contribution in [3.63, 3.8) is 0 Å². The van der Waals surface area contributed by atoms with Gasteiger partial charge < -0.3 is 13.6 Å². The number of hydrogen-bond donors (Lipinski definition) is 0. The molecule has 0 spiro atoms. The Morgan fingerprint density at radius 3 is 2.00 bits per heavy atom. The predicted octanol–water partition coefficient (Wildman–Crippen LogP) is 9.91. The molecule has 0 saturated carbocycles. The van der Waals surface area contributed by atoms with Gasteiger partial charge in [-0.1, -0.05) is 96.4 Å². The Hall–Kier alpha value is -0.956. The Morgan fingerprint density at radius 2 is 1.53 bits per heavy atom. The second-order valence-electron chi connectivity index (χ2n) is 12.6. The number of carbonyl (C=O) groups excluding carboxylic acids is 1. The summed E-state index contributed by atoms with van der Waals surface area (Å²) >= 11 is 3.74. The molecule has 1 aromatic rings. The highest BCUT2D eigenvalue weighted by Gasteiger charge is 2.45. The zero-order valence-electron chi connectivity index (χ0n) is 26.1. The van der Waals surface area contributed by atoms with E-state index in [1.807, 2.05) is 25.1 Å². The summed E-state index contributed by atoms with van der Waals surface area (Å²) in [7, 11) is -4.02. The van der Waals surface area contributed by atoms with Crippen molar-refractivity contribution in [1.82, 2.24) is 0 Å². The lowest BCUT2D eigenvalue weighted by atomic mass is 10.0. The average molecular weight is 626 g/mol. The molecule has 0 radical (unpaired) electrons. The summed E-state index contributed by atoms with van der Waals surface area (Å²) in [6, 6.07) is 8.18. The number of esters is 1. The van der Waals surface area contributed by atoms with Crippen molar-refractivity contribution < 1.29 is 18.4 Å². The molecule has 0 unspecified atom stereocenters. The van der Waals surface area contributed by atoms with Gasteiger partial charge in [-0.25, -0.2) is 0 Å². The van der Waals surface area contributed by atoms with Crippen molar-refractivity contribution in [2.45, 2.75) is 117 Å². The third-order valence-corrected chi connectivity index (χ3v) is 19.3. The number of ether oxygens (including phenoxy) is 1. The molecule has 1 aromatic carbocycles. The quantitative estimate of drug-likeness (QED) is 0.117. The summed E-state index contributed by atoms with van der Waals surface area (Å²) in [6.07, 6.45) is 0.867. The number of carbonyl (C=O) groups is 1. The van der Waals surface area contributed by atoms with Gasteiger partial charge in [0.1, 0.15) is 0 Å². The summed E-state index contributed by atoms with van der Waals surface area (Å²) in [5.74, 6) is -0.242. The average Bonchev–Trinajstić information content (AvgIpc) is 2.77. The molecule has 0 heterocycles. The fourth-order valence-electron chi connectivity index (χ4n) is 5.04. The molecule has 0 aliphatic rings. The van der Waals surface area contributed by atoms with Gasteiger partial charge in [0.15, 0.2) is 8.32 Å². The van der Waals surface area contributed by atoms with Crippen molar-refractivity contribution in [3.05, 3.63) is 45.6 Å². The fourth-order valence-corrected chi connectivity index (χ4v) is 12.0. The molecule has 0 aliphatic carbocycles. The highest BCUT2D eigenvalue weighted by Crippen LogP contribution is 2.42. The van der Waals surface area contributed by atoms with Crippen molar-refractivity contribution in [2.75, 3.05) is 19.8 Å². The van der Waals surface area contributed by atoms with Crippen LogP contribution in [0.2, 0.25) is 34.8 Å².